The van der Waals surface area contributed by atoms with Crippen LogP contribution in [-0.2, 0) is 0 Å². The Labute approximate surface area is 166 Å². The number of methoxy groups -OCH3 is 1. The van der Waals surface area contributed by atoms with Crippen molar-refractivity contribution < 1.29 is 9.53 Å². The van der Waals surface area contributed by atoms with Crippen LogP contribution in [0.2, 0.25) is 0 Å². The monoisotopic (exact) mass is 384 g/mol. The van der Waals surface area contributed by atoms with Gasteiger partial charge in [-0.15, -0.1) is 0 Å². The molecule has 0 saturated carbocycles. The lowest BCUT2D eigenvalue weighted by atomic mass is 9.89. The lowest BCUT2D eigenvalue weighted by Crippen LogP contribution is -2.52. The molecule has 8 heteroatoms. The first-order valence-electron chi connectivity index (χ1n) is 9.62. The zero-order chi connectivity index (χ0) is 19.9. The summed E-state index contributed by atoms with van der Waals surface area (Å²) in [5.41, 5.74) is 1.15. The Morgan fingerprint density at radius 3 is 2.68 bits per heavy atom. The number of nitrogens with one attached hydrogen (secondary N) is 1. The highest BCUT2D eigenvalue weighted by Crippen LogP contribution is 2.23. The van der Waals surface area contributed by atoms with E-state index in [1.165, 1.54) is 6.33 Å². The third-order valence-electron chi connectivity index (χ3n) is 5.12. The van der Waals surface area contributed by atoms with Gasteiger partial charge >= 0.3 is 6.03 Å². The molecule has 1 fully saturated rings. The number of nitrogens with zero attached hydrogens (tertiary/aromatic N) is 5. The number of anilines is 1. The highest BCUT2D eigenvalue weighted by molar-refractivity contribution is 5.74. The van der Waals surface area contributed by atoms with Crippen molar-refractivity contribution in [2.45, 2.75) is 19.8 Å². The average Bonchev–Trinajstić information content (AvgIpc) is 2.74. The fourth-order valence-corrected chi connectivity index (χ4v) is 3.40. The van der Waals surface area contributed by atoms with Gasteiger partial charge in [-0.05, 0) is 17.5 Å². The Bertz CT molecular complexity index is 762. The molecule has 1 aliphatic heterocycles. The van der Waals surface area contributed by atoms with Gasteiger partial charge in [0.1, 0.15) is 12.1 Å². The molecule has 3 heterocycles. The number of pyridine rings is 1. The van der Waals surface area contributed by atoms with Crippen LogP contribution in [-0.4, -0.2) is 65.7 Å². The fourth-order valence-electron chi connectivity index (χ4n) is 3.40. The van der Waals surface area contributed by atoms with Crippen molar-refractivity contribution >= 4 is 11.8 Å². The minimum absolute atomic E-state index is 0.0190. The summed E-state index contributed by atoms with van der Waals surface area (Å²) < 4.78 is 5.16. The molecule has 0 spiro atoms. The molecule has 2 amide bonds. The van der Waals surface area contributed by atoms with Gasteiger partial charge in [-0.1, -0.05) is 19.9 Å². The van der Waals surface area contributed by atoms with Crippen LogP contribution in [0.3, 0.4) is 0 Å². The van der Waals surface area contributed by atoms with Crippen molar-refractivity contribution in [1.29, 1.82) is 0 Å². The van der Waals surface area contributed by atoms with Crippen LogP contribution in [0.25, 0.3) is 0 Å². The highest BCUT2D eigenvalue weighted by Gasteiger charge is 2.24. The minimum atomic E-state index is -0.0190. The number of hydrogen-bond donors (Lipinski definition) is 1. The number of aromatic nitrogens is 3. The van der Waals surface area contributed by atoms with E-state index in [4.69, 9.17) is 4.74 Å². The second-order valence-corrected chi connectivity index (χ2v) is 7.22. The van der Waals surface area contributed by atoms with Gasteiger partial charge in [-0.25, -0.2) is 14.8 Å². The molecule has 2 aromatic heterocycles. The first-order chi connectivity index (χ1) is 13.6. The number of urea groups is 1. The van der Waals surface area contributed by atoms with E-state index in [-0.39, 0.29) is 11.9 Å². The van der Waals surface area contributed by atoms with E-state index in [2.05, 4.69) is 45.1 Å². The van der Waals surface area contributed by atoms with Crippen LogP contribution in [0.4, 0.5) is 10.6 Å². The molecule has 0 bridgehead atoms. The normalized spacial score (nSPS) is 15.4. The van der Waals surface area contributed by atoms with Crippen molar-refractivity contribution in [3.8, 4) is 5.88 Å². The Balaban J connectivity index is 1.52. The molecule has 150 valence electrons. The van der Waals surface area contributed by atoms with Crippen LogP contribution >= 0.6 is 0 Å². The summed E-state index contributed by atoms with van der Waals surface area (Å²) in [4.78, 5) is 29.2. The molecule has 2 aromatic rings. The highest BCUT2D eigenvalue weighted by atomic mass is 16.5. The maximum Gasteiger partial charge on any atom is 0.317 e. The smallest absolute Gasteiger partial charge is 0.317 e. The Kier molecular flexibility index (Phi) is 6.62. The van der Waals surface area contributed by atoms with Crippen LogP contribution in [0.15, 0.2) is 36.9 Å². The number of piperazine rings is 1. The number of hydrogen-bond acceptors (Lipinski definition) is 6. The van der Waals surface area contributed by atoms with E-state index >= 15 is 0 Å². The number of ether oxygens (including phenoxy) is 1. The molecule has 28 heavy (non-hydrogen) atoms. The lowest BCUT2D eigenvalue weighted by molar-refractivity contribution is 0.193. The van der Waals surface area contributed by atoms with Gasteiger partial charge in [-0.2, -0.15) is 0 Å². The zero-order valence-electron chi connectivity index (χ0n) is 16.7. The molecule has 0 aromatic carbocycles. The molecule has 1 saturated heterocycles. The molecule has 1 atom stereocenters. The summed E-state index contributed by atoms with van der Waals surface area (Å²) in [6, 6.07) is 5.80. The topological polar surface area (TPSA) is 83.5 Å². The van der Waals surface area contributed by atoms with Gasteiger partial charge in [0.05, 0.1) is 7.11 Å². The van der Waals surface area contributed by atoms with Crippen molar-refractivity contribution in [2.75, 3.05) is 44.7 Å². The van der Waals surface area contributed by atoms with Gasteiger partial charge < -0.3 is 19.9 Å². The van der Waals surface area contributed by atoms with E-state index in [1.54, 1.807) is 13.3 Å². The lowest BCUT2D eigenvalue weighted by Gasteiger charge is -2.35. The van der Waals surface area contributed by atoms with Gasteiger partial charge in [0.15, 0.2) is 0 Å². The zero-order valence-corrected chi connectivity index (χ0v) is 16.7. The predicted molar refractivity (Wildman–Crippen MR) is 108 cm³/mol. The fraction of sp³-hybridized carbons (Fsp3) is 0.500. The first-order valence-corrected chi connectivity index (χ1v) is 9.62. The van der Waals surface area contributed by atoms with Crippen molar-refractivity contribution in [1.82, 2.24) is 25.2 Å². The Morgan fingerprint density at radius 1 is 1.25 bits per heavy atom. The van der Waals surface area contributed by atoms with Crippen LogP contribution in [0.1, 0.15) is 25.3 Å². The van der Waals surface area contributed by atoms with Crippen molar-refractivity contribution in [3.63, 3.8) is 0 Å². The molecular formula is C20H28N6O2. The second kappa shape index (κ2) is 9.34. The maximum atomic E-state index is 12.6. The third kappa shape index (κ3) is 4.88. The number of carbonyl (C=O) groups is 1. The van der Waals surface area contributed by atoms with E-state index < -0.39 is 0 Å². The van der Waals surface area contributed by atoms with E-state index in [9.17, 15) is 4.79 Å². The van der Waals surface area contributed by atoms with Crippen molar-refractivity contribution in [2.24, 2.45) is 5.92 Å². The van der Waals surface area contributed by atoms with E-state index in [0.29, 0.717) is 31.4 Å². The predicted octanol–water partition coefficient (Wildman–Crippen LogP) is 2.15. The summed E-state index contributed by atoms with van der Waals surface area (Å²) in [6.07, 6.45) is 5.15. The molecular weight excluding hydrogens is 356 g/mol. The molecule has 0 radical (unpaired) electrons. The number of amides is 2. The maximum absolute atomic E-state index is 12.6. The summed E-state index contributed by atoms with van der Waals surface area (Å²) in [7, 11) is 1.59. The van der Waals surface area contributed by atoms with E-state index in [0.717, 1.165) is 24.5 Å². The molecule has 0 aliphatic carbocycles. The SMILES string of the molecule is COc1cc(N2CCN(C(=O)NCC(c3cccnc3)C(C)C)CC2)ncn1. The quantitative estimate of drug-likeness (QED) is 0.822. The molecule has 1 N–H and O–H groups in total. The average molecular weight is 384 g/mol. The molecule has 1 unspecified atom stereocenters. The summed E-state index contributed by atoms with van der Waals surface area (Å²) in [5.74, 6) is 2.02. The minimum Gasteiger partial charge on any atom is -0.481 e. The third-order valence-corrected chi connectivity index (χ3v) is 5.12. The summed E-state index contributed by atoms with van der Waals surface area (Å²) in [5, 5.41) is 3.10. The van der Waals surface area contributed by atoms with Gasteiger partial charge in [0.2, 0.25) is 5.88 Å². The Morgan fingerprint density at radius 2 is 2.04 bits per heavy atom. The molecule has 1 aliphatic rings. The molecule has 3 rings (SSSR count). The summed E-state index contributed by atoms with van der Waals surface area (Å²) >= 11 is 0. The van der Waals surface area contributed by atoms with Crippen LogP contribution in [0, 0.1) is 5.92 Å². The molecule has 8 nitrogen and oxygen atoms in total. The van der Waals surface area contributed by atoms with E-state index in [1.807, 2.05) is 23.2 Å². The van der Waals surface area contributed by atoms with Crippen molar-refractivity contribution in [3.05, 3.63) is 42.5 Å². The van der Waals surface area contributed by atoms with Crippen LogP contribution < -0.4 is 15.0 Å². The first kappa shape index (κ1) is 19.9. The van der Waals surface area contributed by atoms with Gasteiger partial charge in [0, 0.05) is 57.1 Å². The largest absolute Gasteiger partial charge is 0.481 e. The standard InChI is InChI=1S/C20H28N6O2/c1-15(2)17(16-5-4-6-21-12-16)13-22-20(27)26-9-7-25(8-10-26)18-11-19(28-3)24-14-23-18/h4-6,11-12,14-15,17H,7-10,13H2,1-3H3,(H,22,27). The summed E-state index contributed by atoms with van der Waals surface area (Å²) in [6.45, 7) is 7.69. The van der Waals surface area contributed by atoms with Crippen LogP contribution in [0.5, 0.6) is 5.88 Å². The number of rotatable bonds is 6. The van der Waals surface area contributed by atoms with Gasteiger partial charge in [0.25, 0.3) is 0 Å². The second-order valence-electron chi connectivity index (χ2n) is 7.22. The Hall–Kier alpha value is -2.90. The number of carbonyl (C=O) groups excluding carboxylic acids is 1. The van der Waals surface area contributed by atoms with Gasteiger partial charge in [-0.3, -0.25) is 4.98 Å².